The number of carbonyl (C=O) groups excluding carboxylic acids is 1. The van der Waals surface area contributed by atoms with Crippen LogP contribution < -0.4 is 0 Å². The minimum Gasteiger partial charge on any atom is -0.385 e. The van der Waals surface area contributed by atoms with Crippen molar-refractivity contribution in [3.05, 3.63) is 0 Å². The smallest absolute Gasteiger partial charge is 0.161 e. The van der Waals surface area contributed by atoms with Crippen LogP contribution in [0.4, 0.5) is 0 Å². The summed E-state index contributed by atoms with van der Waals surface area (Å²) in [6.07, 6.45) is 8.50. The van der Waals surface area contributed by atoms with Crippen LogP contribution in [0.2, 0.25) is 0 Å². The minimum absolute atomic E-state index is 0.0346. The first-order chi connectivity index (χ1) is 7.22. The highest BCUT2D eigenvalue weighted by Gasteiger charge is 2.12. The van der Waals surface area contributed by atoms with E-state index in [1.807, 2.05) is 6.92 Å². The van der Waals surface area contributed by atoms with E-state index in [0.717, 1.165) is 19.3 Å². The lowest BCUT2D eigenvalue weighted by atomic mass is 10.0. The summed E-state index contributed by atoms with van der Waals surface area (Å²) in [6.45, 7) is 4.19. The molecule has 0 saturated carbocycles. The van der Waals surface area contributed by atoms with Gasteiger partial charge in [0.15, 0.2) is 5.78 Å². The number of rotatable bonds is 10. The fourth-order valence-corrected chi connectivity index (χ4v) is 1.68. The maximum atomic E-state index is 11.4. The van der Waals surface area contributed by atoms with Crippen LogP contribution in [-0.2, 0) is 4.79 Å². The van der Waals surface area contributed by atoms with E-state index >= 15 is 0 Å². The number of unbranched alkanes of at least 4 members (excludes halogenated alkanes) is 5. The van der Waals surface area contributed by atoms with Crippen LogP contribution in [0.25, 0.3) is 0 Å². The van der Waals surface area contributed by atoms with Crippen LogP contribution in [0, 0.1) is 0 Å². The van der Waals surface area contributed by atoms with Crippen LogP contribution in [0.1, 0.15) is 71.6 Å². The third-order valence-corrected chi connectivity index (χ3v) is 2.71. The molecule has 0 aromatic heterocycles. The number of aliphatic hydroxyl groups is 1. The normalized spacial score (nSPS) is 12.7. The van der Waals surface area contributed by atoms with Gasteiger partial charge in [-0.3, -0.25) is 4.79 Å². The predicted molar refractivity (Wildman–Crippen MR) is 63.9 cm³/mol. The fraction of sp³-hybridized carbons (Fsp3) is 0.923. The Balaban J connectivity index is 3.30. The van der Waals surface area contributed by atoms with Crippen molar-refractivity contribution < 1.29 is 9.90 Å². The Kier molecular flexibility index (Phi) is 9.91. The molecule has 0 heterocycles. The number of carbonyl (C=O) groups is 1. The molecule has 1 atom stereocenters. The molecule has 2 nitrogen and oxygen atoms in total. The summed E-state index contributed by atoms with van der Waals surface area (Å²) in [5.74, 6) is 0.0346. The summed E-state index contributed by atoms with van der Waals surface area (Å²) in [7, 11) is 0. The van der Waals surface area contributed by atoms with E-state index in [0.29, 0.717) is 12.8 Å². The summed E-state index contributed by atoms with van der Waals surface area (Å²) in [6, 6.07) is 0. The van der Waals surface area contributed by atoms with Gasteiger partial charge in [0.1, 0.15) is 6.10 Å². The van der Waals surface area contributed by atoms with Crippen molar-refractivity contribution in [1.82, 2.24) is 0 Å². The van der Waals surface area contributed by atoms with E-state index in [-0.39, 0.29) is 5.78 Å². The first-order valence-corrected chi connectivity index (χ1v) is 6.43. The zero-order valence-electron chi connectivity index (χ0n) is 10.3. The molecule has 0 saturated heterocycles. The van der Waals surface area contributed by atoms with Crippen LogP contribution in [0.5, 0.6) is 0 Å². The molecule has 0 aliphatic carbocycles. The predicted octanol–water partition coefficient (Wildman–Crippen LogP) is 3.47. The standard InChI is InChI=1S/C13H26O2/c1-3-5-6-7-8-9-11-13(15)12(14)10-4-2/h12,14H,3-11H2,1-2H3. The maximum Gasteiger partial charge on any atom is 0.161 e. The molecule has 90 valence electrons. The zero-order valence-corrected chi connectivity index (χ0v) is 10.3. The second kappa shape index (κ2) is 10.2. The van der Waals surface area contributed by atoms with E-state index in [1.54, 1.807) is 0 Å². The maximum absolute atomic E-state index is 11.4. The molecule has 0 aromatic rings. The van der Waals surface area contributed by atoms with Crippen LogP contribution in [0.3, 0.4) is 0 Å². The third-order valence-electron chi connectivity index (χ3n) is 2.71. The zero-order chi connectivity index (χ0) is 11.5. The highest BCUT2D eigenvalue weighted by atomic mass is 16.3. The molecule has 0 aromatic carbocycles. The van der Waals surface area contributed by atoms with E-state index in [2.05, 4.69) is 6.92 Å². The molecule has 0 rings (SSSR count). The Bertz CT molecular complexity index is 155. The molecule has 1 unspecified atom stereocenters. The quantitative estimate of drug-likeness (QED) is 0.565. The molecule has 0 bridgehead atoms. The Morgan fingerprint density at radius 1 is 1.00 bits per heavy atom. The van der Waals surface area contributed by atoms with E-state index in [9.17, 15) is 9.90 Å². The summed E-state index contributed by atoms with van der Waals surface area (Å²) in [4.78, 5) is 11.4. The largest absolute Gasteiger partial charge is 0.385 e. The van der Waals surface area contributed by atoms with Crippen molar-refractivity contribution in [1.29, 1.82) is 0 Å². The van der Waals surface area contributed by atoms with E-state index < -0.39 is 6.10 Å². The highest BCUT2D eigenvalue weighted by molar-refractivity contribution is 5.82. The molecule has 1 N–H and O–H groups in total. The number of hydrogen-bond donors (Lipinski definition) is 1. The van der Waals surface area contributed by atoms with Crippen molar-refractivity contribution in [3.63, 3.8) is 0 Å². The van der Waals surface area contributed by atoms with Crippen molar-refractivity contribution in [2.75, 3.05) is 0 Å². The second-order valence-corrected chi connectivity index (χ2v) is 4.29. The molecule has 0 amide bonds. The van der Waals surface area contributed by atoms with Gasteiger partial charge in [-0.25, -0.2) is 0 Å². The Morgan fingerprint density at radius 3 is 2.20 bits per heavy atom. The van der Waals surface area contributed by atoms with Gasteiger partial charge in [0.2, 0.25) is 0 Å². The lowest BCUT2D eigenvalue weighted by molar-refractivity contribution is -0.127. The van der Waals surface area contributed by atoms with Crippen molar-refractivity contribution >= 4 is 5.78 Å². The van der Waals surface area contributed by atoms with Gasteiger partial charge in [0.05, 0.1) is 0 Å². The monoisotopic (exact) mass is 214 g/mol. The summed E-state index contributed by atoms with van der Waals surface area (Å²) in [5, 5.41) is 9.41. The van der Waals surface area contributed by atoms with Crippen LogP contribution >= 0.6 is 0 Å². The van der Waals surface area contributed by atoms with Crippen molar-refractivity contribution in [3.8, 4) is 0 Å². The highest BCUT2D eigenvalue weighted by Crippen LogP contribution is 2.09. The Labute approximate surface area is 94.1 Å². The SMILES string of the molecule is CCCCCCCCC(=O)C(O)CCC. The first-order valence-electron chi connectivity index (χ1n) is 6.43. The number of hydrogen-bond acceptors (Lipinski definition) is 2. The van der Waals surface area contributed by atoms with E-state index in [4.69, 9.17) is 0 Å². The average Bonchev–Trinajstić information content (AvgIpc) is 2.23. The van der Waals surface area contributed by atoms with Gasteiger partial charge in [0, 0.05) is 6.42 Å². The Morgan fingerprint density at radius 2 is 1.60 bits per heavy atom. The first kappa shape index (κ1) is 14.6. The topological polar surface area (TPSA) is 37.3 Å². The molecule has 0 aliphatic rings. The Hall–Kier alpha value is -0.370. The molecular formula is C13H26O2. The molecule has 0 radical (unpaired) electrons. The van der Waals surface area contributed by atoms with Gasteiger partial charge < -0.3 is 5.11 Å². The van der Waals surface area contributed by atoms with E-state index in [1.165, 1.54) is 25.7 Å². The lowest BCUT2D eigenvalue weighted by Crippen LogP contribution is -2.19. The summed E-state index contributed by atoms with van der Waals surface area (Å²) >= 11 is 0. The number of Topliss-reactive ketones (excluding diaryl/α,β-unsaturated/α-hetero) is 1. The van der Waals surface area contributed by atoms with Gasteiger partial charge in [-0.05, 0) is 12.8 Å². The lowest BCUT2D eigenvalue weighted by Gasteiger charge is -2.07. The van der Waals surface area contributed by atoms with Crippen LogP contribution in [-0.4, -0.2) is 17.0 Å². The van der Waals surface area contributed by atoms with Crippen molar-refractivity contribution in [2.45, 2.75) is 77.7 Å². The number of aliphatic hydroxyl groups excluding tert-OH is 1. The average molecular weight is 214 g/mol. The molecule has 0 fully saturated rings. The van der Waals surface area contributed by atoms with Gasteiger partial charge in [-0.15, -0.1) is 0 Å². The third kappa shape index (κ3) is 8.61. The van der Waals surface area contributed by atoms with Gasteiger partial charge in [0.25, 0.3) is 0 Å². The van der Waals surface area contributed by atoms with Gasteiger partial charge >= 0.3 is 0 Å². The summed E-state index contributed by atoms with van der Waals surface area (Å²) < 4.78 is 0. The van der Waals surface area contributed by atoms with Crippen molar-refractivity contribution in [2.24, 2.45) is 0 Å². The minimum atomic E-state index is -0.703. The fourth-order valence-electron chi connectivity index (χ4n) is 1.68. The molecular weight excluding hydrogens is 188 g/mol. The summed E-state index contributed by atoms with van der Waals surface area (Å²) in [5.41, 5.74) is 0. The molecule has 15 heavy (non-hydrogen) atoms. The molecule has 0 spiro atoms. The molecule has 2 heteroatoms. The number of ketones is 1. The second-order valence-electron chi connectivity index (χ2n) is 4.29. The van der Waals surface area contributed by atoms with Gasteiger partial charge in [-0.2, -0.15) is 0 Å². The van der Waals surface area contributed by atoms with Crippen LogP contribution in [0.15, 0.2) is 0 Å². The van der Waals surface area contributed by atoms with Gasteiger partial charge in [-0.1, -0.05) is 52.4 Å². The molecule has 0 aliphatic heterocycles.